The van der Waals surface area contributed by atoms with E-state index in [0.29, 0.717) is 6.04 Å². The zero-order valence-corrected chi connectivity index (χ0v) is 10.6. The molecule has 15 heavy (non-hydrogen) atoms. The number of nitrogens with zero attached hydrogens (tertiary/aromatic N) is 1. The second-order valence-electron chi connectivity index (χ2n) is 4.09. The van der Waals surface area contributed by atoms with Gasteiger partial charge in [0, 0.05) is 17.5 Å². The summed E-state index contributed by atoms with van der Waals surface area (Å²) in [5, 5.41) is 2.14. The van der Waals surface area contributed by atoms with Crippen LogP contribution in [0.25, 0.3) is 0 Å². The molecule has 0 aliphatic heterocycles. The van der Waals surface area contributed by atoms with E-state index in [2.05, 4.69) is 36.4 Å². The molecule has 0 amide bonds. The first kappa shape index (κ1) is 12.7. The Labute approximate surface area is 97.1 Å². The first-order chi connectivity index (χ1) is 7.22. The second kappa shape index (κ2) is 6.99. The van der Waals surface area contributed by atoms with E-state index in [1.165, 1.54) is 4.88 Å². The molecule has 2 nitrogen and oxygen atoms in total. The summed E-state index contributed by atoms with van der Waals surface area (Å²) in [5.74, 6) is 0. The van der Waals surface area contributed by atoms with E-state index in [9.17, 15) is 0 Å². The van der Waals surface area contributed by atoms with Crippen molar-refractivity contribution in [1.29, 1.82) is 0 Å². The fourth-order valence-corrected chi connectivity index (χ4v) is 2.16. The van der Waals surface area contributed by atoms with Crippen LogP contribution in [-0.2, 0) is 6.42 Å². The zero-order valence-electron chi connectivity index (χ0n) is 9.78. The number of rotatable bonds is 7. The van der Waals surface area contributed by atoms with Gasteiger partial charge in [-0.05, 0) is 44.3 Å². The predicted molar refractivity (Wildman–Crippen MR) is 68.4 cm³/mol. The Bertz CT molecular complexity index is 246. The third kappa shape index (κ3) is 5.30. The lowest BCUT2D eigenvalue weighted by Crippen LogP contribution is -2.28. The number of nitrogens with two attached hydrogens (primary N) is 1. The van der Waals surface area contributed by atoms with Crippen molar-refractivity contribution in [2.75, 3.05) is 20.1 Å². The van der Waals surface area contributed by atoms with Gasteiger partial charge in [-0.3, -0.25) is 0 Å². The maximum absolute atomic E-state index is 5.89. The van der Waals surface area contributed by atoms with Crippen LogP contribution in [0.3, 0.4) is 0 Å². The topological polar surface area (TPSA) is 29.3 Å². The maximum Gasteiger partial charge on any atom is 0.00579 e. The quantitative estimate of drug-likeness (QED) is 0.773. The number of hydrogen-bond acceptors (Lipinski definition) is 3. The number of likely N-dealkylation sites (N-methyl/N-ethyl adjacent to an activating group) is 1. The van der Waals surface area contributed by atoms with Crippen LogP contribution in [0.5, 0.6) is 0 Å². The SMILES string of the molecule is CCC(N)CCN(C)CCc1cccs1. The van der Waals surface area contributed by atoms with Crippen molar-refractivity contribution in [2.24, 2.45) is 5.73 Å². The fourth-order valence-electron chi connectivity index (χ4n) is 1.46. The Hall–Kier alpha value is -0.380. The zero-order chi connectivity index (χ0) is 11.1. The minimum absolute atomic E-state index is 0.370. The average molecular weight is 226 g/mol. The summed E-state index contributed by atoms with van der Waals surface area (Å²) in [4.78, 5) is 3.84. The molecule has 0 aliphatic carbocycles. The molecule has 1 unspecified atom stereocenters. The van der Waals surface area contributed by atoms with Gasteiger partial charge in [0.15, 0.2) is 0 Å². The Morgan fingerprint density at radius 3 is 2.87 bits per heavy atom. The molecule has 1 atom stereocenters. The van der Waals surface area contributed by atoms with E-state index >= 15 is 0 Å². The normalized spacial score (nSPS) is 13.3. The molecule has 0 aliphatic rings. The lowest BCUT2D eigenvalue weighted by Gasteiger charge is -2.18. The van der Waals surface area contributed by atoms with Crippen molar-refractivity contribution in [3.8, 4) is 0 Å². The second-order valence-corrected chi connectivity index (χ2v) is 5.12. The Morgan fingerprint density at radius 2 is 2.27 bits per heavy atom. The highest BCUT2D eigenvalue weighted by atomic mass is 32.1. The third-order valence-electron chi connectivity index (χ3n) is 2.73. The Kier molecular flexibility index (Phi) is 5.91. The lowest BCUT2D eigenvalue weighted by atomic mass is 10.1. The van der Waals surface area contributed by atoms with Crippen molar-refractivity contribution in [3.05, 3.63) is 22.4 Å². The van der Waals surface area contributed by atoms with Crippen LogP contribution >= 0.6 is 11.3 Å². The van der Waals surface area contributed by atoms with Gasteiger partial charge in [-0.1, -0.05) is 13.0 Å². The van der Waals surface area contributed by atoms with Gasteiger partial charge in [-0.2, -0.15) is 0 Å². The molecule has 1 aromatic heterocycles. The van der Waals surface area contributed by atoms with Crippen LogP contribution in [0.1, 0.15) is 24.6 Å². The van der Waals surface area contributed by atoms with E-state index in [1.54, 1.807) is 0 Å². The minimum atomic E-state index is 0.370. The molecule has 0 saturated carbocycles. The Balaban J connectivity index is 2.11. The molecule has 0 fully saturated rings. The fraction of sp³-hybridized carbons (Fsp3) is 0.667. The van der Waals surface area contributed by atoms with Gasteiger partial charge in [0.05, 0.1) is 0 Å². The molecule has 0 radical (unpaired) electrons. The maximum atomic E-state index is 5.89. The summed E-state index contributed by atoms with van der Waals surface area (Å²) in [5.41, 5.74) is 5.89. The van der Waals surface area contributed by atoms with Crippen LogP contribution < -0.4 is 5.73 Å². The summed E-state index contributed by atoms with van der Waals surface area (Å²) in [6, 6.07) is 4.69. The van der Waals surface area contributed by atoms with Gasteiger partial charge in [0.25, 0.3) is 0 Å². The molecule has 1 heterocycles. The molecule has 86 valence electrons. The molecule has 1 aromatic rings. The predicted octanol–water partition coefficient (Wildman–Crippen LogP) is 2.35. The van der Waals surface area contributed by atoms with Gasteiger partial charge in [0.1, 0.15) is 0 Å². The van der Waals surface area contributed by atoms with Crippen molar-refractivity contribution >= 4 is 11.3 Å². The van der Waals surface area contributed by atoms with Crippen LogP contribution in [0.4, 0.5) is 0 Å². The minimum Gasteiger partial charge on any atom is -0.328 e. The molecule has 0 spiro atoms. The Morgan fingerprint density at radius 1 is 1.47 bits per heavy atom. The summed E-state index contributed by atoms with van der Waals surface area (Å²) >= 11 is 1.84. The number of hydrogen-bond donors (Lipinski definition) is 1. The monoisotopic (exact) mass is 226 g/mol. The van der Waals surface area contributed by atoms with Gasteiger partial charge < -0.3 is 10.6 Å². The van der Waals surface area contributed by atoms with Crippen molar-refractivity contribution < 1.29 is 0 Å². The molecule has 1 rings (SSSR count). The number of thiophene rings is 1. The van der Waals surface area contributed by atoms with Gasteiger partial charge in [-0.25, -0.2) is 0 Å². The van der Waals surface area contributed by atoms with E-state index < -0.39 is 0 Å². The summed E-state index contributed by atoms with van der Waals surface area (Å²) in [6.45, 7) is 4.40. The lowest BCUT2D eigenvalue weighted by molar-refractivity contribution is 0.320. The highest BCUT2D eigenvalue weighted by Gasteiger charge is 2.03. The first-order valence-electron chi connectivity index (χ1n) is 5.69. The van der Waals surface area contributed by atoms with Crippen LogP contribution in [0.2, 0.25) is 0 Å². The van der Waals surface area contributed by atoms with Gasteiger partial charge >= 0.3 is 0 Å². The summed E-state index contributed by atoms with van der Waals surface area (Å²) in [6.07, 6.45) is 3.35. The van der Waals surface area contributed by atoms with E-state index in [4.69, 9.17) is 5.73 Å². The first-order valence-corrected chi connectivity index (χ1v) is 6.56. The van der Waals surface area contributed by atoms with E-state index in [0.717, 1.165) is 32.4 Å². The summed E-state index contributed by atoms with van der Waals surface area (Å²) < 4.78 is 0. The highest BCUT2D eigenvalue weighted by molar-refractivity contribution is 7.09. The molecule has 0 aromatic carbocycles. The van der Waals surface area contributed by atoms with Gasteiger partial charge in [0.2, 0.25) is 0 Å². The smallest absolute Gasteiger partial charge is 0.00579 e. The third-order valence-corrected chi connectivity index (χ3v) is 3.66. The molecule has 0 saturated heterocycles. The highest BCUT2D eigenvalue weighted by Crippen LogP contribution is 2.09. The largest absolute Gasteiger partial charge is 0.328 e. The van der Waals surface area contributed by atoms with Crippen molar-refractivity contribution in [3.63, 3.8) is 0 Å². The molecular weight excluding hydrogens is 204 g/mol. The summed E-state index contributed by atoms with van der Waals surface area (Å²) in [7, 11) is 2.18. The van der Waals surface area contributed by atoms with E-state index in [1.807, 2.05) is 11.3 Å². The van der Waals surface area contributed by atoms with Gasteiger partial charge in [-0.15, -0.1) is 11.3 Å². The molecule has 0 bridgehead atoms. The standard InChI is InChI=1S/C12H22N2S/c1-3-11(13)6-8-14(2)9-7-12-5-4-10-15-12/h4-5,10-11H,3,6-9,13H2,1-2H3. The average Bonchev–Trinajstić information content (AvgIpc) is 2.75. The van der Waals surface area contributed by atoms with Crippen LogP contribution in [-0.4, -0.2) is 31.1 Å². The van der Waals surface area contributed by atoms with E-state index in [-0.39, 0.29) is 0 Å². The molecular formula is C12H22N2S. The van der Waals surface area contributed by atoms with Crippen LogP contribution in [0.15, 0.2) is 17.5 Å². The van der Waals surface area contributed by atoms with Crippen molar-refractivity contribution in [1.82, 2.24) is 4.90 Å². The molecule has 2 N–H and O–H groups in total. The van der Waals surface area contributed by atoms with Crippen LogP contribution in [0, 0.1) is 0 Å². The molecule has 3 heteroatoms. The van der Waals surface area contributed by atoms with Crippen molar-refractivity contribution in [2.45, 2.75) is 32.2 Å².